The van der Waals surface area contributed by atoms with E-state index in [0.717, 1.165) is 24.1 Å². The molecule has 1 atom stereocenters. The summed E-state index contributed by atoms with van der Waals surface area (Å²) in [7, 11) is 0. The van der Waals surface area contributed by atoms with Crippen molar-refractivity contribution < 1.29 is 9.59 Å². The van der Waals surface area contributed by atoms with E-state index in [1.807, 2.05) is 61.5 Å². The third-order valence-corrected chi connectivity index (χ3v) is 5.96. The maximum atomic E-state index is 12.9. The molecule has 4 rings (SSSR count). The molecule has 0 bridgehead atoms. The Morgan fingerprint density at radius 1 is 1.13 bits per heavy atom. The minimum atomic E-state index is -0.373. The largest absolute Gasteiger partial charge is 0.355 e. The smallest absolute Gasteiger partial charge is 0.259 e. The number of benzene rings is 2. The van der Waals surface area contributed by atoms with Crippen molar-refractivity contribution in [3.63, 3.8) is 0 Å². The lowest BCUT2D eigenvalue weighted by Gasteiger charge is -2.25. The Labute approximate surface area is 180 Å². The van der Waals surface area contributed by atoms with E-state index in [-0.39, 0.29) is 23.6 Å². The first-order valence-electron chi connectivity index (χ1n) is 10.2. The summed E-state index contributed by atoms with van der Waals surface area (Å²) in [6, 6.07) is 17.4. The van der Waals surface area contributed by atoms with Crippen molar-refractivity contribution in [2.45, 2.75) is 32.2 Å². The summed E-state index contributed by atoms with van der Waals surface area (Å²) in [5.41, 5.74) is 2.83. The average Bonchev–Trinajstić information content (AvgIpc) is 3.10. The molecule has 6 nitrogen and oxygen atoms in total. The van der Waals surface area contributed by atoms with Crippen LogP contribution >= 0.6 is 11.8 Å². The molecule has 2 aliphatic rings. The molecule has 30 heavy (non-hydrogen) atoms. The molecule has 0 saturated carbocycles. The van der Waals surface area contributed by atoms with Crippen molar-refractivity contribution in [3.05, 3.63) is 65.7 Å². The predicted octanol–water partition coefficient (Wildman–Crippen LogP) is 3.54. The highest BCUT2D eigenvalue weighted by Crippen LogP contribution is 2.34. The number of hydrogen-bond donors (Lipinski definition) is 1. The third-order valence-electron chi connectivity index (χ3n) is 5.02. The minimum Gasteiger partial charge on any atom is -0.355 e. The van der Waals surface area contributed by atoms with Crippen molar-refractivity contribution in [2.24, 2.45) is 9.98 Å². The molecule has 2 heterocycles. The van der Waals surface area contributed by atoms with Gasteiger partial charge < -0.3 is 5.32 Å². The van der Waals surface area contributed by atoms with Gasteiger partial charge in [-0.2, -0.15) is 0 Å². The molecule has 1 N–H and O–H groups in total. The summed E-state index contributed by atoms with van der Waals surface area (Å²) in [5.74, 6) is 0.714. The molecule has 0 aliphatic carbocycles. The number of amidine groups is 2. The van der Waals surface area contributed by atoms with Gasteiger partial charge in [0.15, 0.2) is 5.17 Å². The van der Waals surface area contributed by atoms with Crippen LogP contribution in [0, 0.1) is 0 Å². The van der Waals surface area contributed by atoms with Gasteiger partial charge in [-0.3, -0.25) is 14.6 Å². The molecule has 7 heteroatoms. The van der Waals surface area contributed by atoms with Gasteiger partial charge >= 0.3 is 0 Å². The molecule has 0 saturated heterocycles. The molecule has 0 radical (unpaired) electrons. The highest BCUT2D eigenvalue weighted by molar-refractivity contribution is 8.14. The molecule has 154 valence electrons. The zero-order chi connectivity index (χ0) is 20.9. The summed E-state index contributed by atoms with van der Waals surface area (Å²) < 4.78 is 0. The van der Waals surface area contributed by atoms with Crippen LogP contribution in [0.5, 0.6) is 0 Å². The summed E-state index contributed by atoms with van der Waals surface area (Å²) in [5, 5.41) is 3.46. The van der Waals surface area contributed by atoms with Crippen LogP contribution in [0.25, 0.3) is 0 Å². The molecular weight excluding hydrogens is 396 g/mol. The van der Waals surface area contributed by atoms with Gasteiger partial charge in [0.25, 0.3) is 5.91 Å². The van der Waals surface area contributed by atoms with Crippen LogP contribution in [0.2, 0.25) is 0 Å². The fraction of sp³-hybridized carbons (Fsp3) is 0.304. The standard InChI is InChI=1S/C23H24N4O2S/c1-2-8-19-22(29)27-21(25-19)17-11-6-7-12-18(17)26-23(27)30-15-20(28)24-14-13-16-9-4-3-5-10-16/h3-7,9-12,19H,2,8,13-15H2,1H3,(H,24,28)/t19-/m1/s1. The molecule has 0 unspecified atom stereocenters. The second kappa shape index (κ2) is 9.26. The second-order valence-corrected chi connectivity index (χ2v) is 8.16. The molecule has 2 amide bonds. The predicted molar refractivity (Wildman–Crippen MR) is 121 cm³/mol. The van der Waals surface area contributed by atoms with E-state index >= 15 is 0 Å². The van der Waals surface area contributed by atoms with Gasteiger partial charge in [-0.1, -0.05) is 67.6 Å². The third kappa shape index (κ3) is 4.31. The van der Waals surface area contributed by atoms with Crippen LogP contribution < -0.4 is 5.32 Å². The van der Waals surface area contributed by atoms with Crippen molar-refractivity contribution in [1.29, 1.82) is 0 Å². The number of carbonyl (C=O) groups excluding carboxylic acids is 2. The Balaban J connectivity index is 1.42. The molecule has 0 aromatic heterocycles. The molecule has 2 aromatic carbocycles. The summed E-state index contributed by atoms with van der Waals surface area (Å²) in [4.78, 5) is 36.2. The molecule has 2 aromatic rings. The summed E-state index contributed by atoms with van der Waals surface area (Å²) >= 11 is 1.28. The van der Waals surface area contributed by atoms with Crippen LogP contribution in [0.3, 0.4) is 0 Å². The Bertz CT molecular complexity index is 1000. The minimum absolute atomic E-state index is 0.0583. The number of para-hydroxylation sites is 1. The van der Waals surface area contributed by atoms with Crippen LogP contribution in [0.1, 0.15) is 30.9 Å². The Morgan fingerprint density at radius 2 is 1.90 bits per heavy atom. The first-order valence-corrected chi connectivity index (χ1v) is 11.2. The highest BCUT2D eigenvalue weighted by atomic mass is 32.2. The maximum absolute atomic E-state index is 12.9. The van der Waals surface area contributed by atoms with Crippen molar-refractivity contribution in [3.8, 4) is 0 Å². The van der Waals surface area contributed by atoms with Gasteiger partial charge in [0.05, 0.1) is 11.4 Å². The van der Waals surface area contributed by atoms with Crippen LogP contribution in [-0.2, 0) is 16.0 Å². The lowest BCUT2D eigenvalue weighted by Crippen LogP contribution is -2.41. The van der Waals surface area contributed by atoms with Gasteiger partial charge in [0, 0.05) is 12.1 Å². The van der Waals surface area contributed by atoms with Crippen molar-refractivity contribution >= 4 is 40.3 Å². The number of carbonyl (C=O) groups is 2. The summed E-state index contributed by atoms with van der Waals surface area (Å²) in [6.45, 7) is 2.62. The normalized spacial score (nSPS) is 17.2. The lowest BCUT2D eigenvalue weighted by atomic mass is 10.1. The quantitative estimate of drug-likeness (QED) is 0.745. The first-order chi connectivity index (χ1) is 14.7. The average molecular weight is 421 g/mol. The topological polar surface area (TPSA) is 74.1 Å². The number of aliphatic imine (C=N–C) groups is 2. The second-order valence-electron chi connectivity index (χ2n) is 7.22. The number of rotatable bonds is 7. The molecular formula is C23H24N4O2S. The molecule has 2 aliphatic heterocycles. The van der Waals surface area contributed by atoms with Gasteiger partial charge in [-0.25, -0.2) is 9.89 Å². The SMILES string of the molecule is CCC[C@H]1N=C2c3ccccc3N=C(SCC(=O)NCCc3ccccc3)N2C1=O. The maximum Gasteiger partial charge on any atom is 0.259 e. The van der Waals surface area contributed by atoms with E-state index in [1.54, 1.807) is 4.90 Å². The van der Waals surface area contributed by atoms with Crippen molar-refractivity contribution in [2.75, 3.05) is 12.3 Å². The number of nitrogens with zero attached hydrogens (tertiary/aromatic N) is 3. The Hall–Kier alpha value is -2.93. The monoisotopic (exact) mass is 420 g/mol. The number of fused-ring (bicyclic) bond motifs is 3. The number of thioether (sulfide) groups is 1. The lowest BCUT2D eigenvalue weighted by molar-refractivity contribution is -0.124. The molecule has 0 spiro atoms. The van der Waals surface area contributed by atoms with Gasteiger partial charge in [0.2, 0.25) is 5.91 Å². The number of nitrogens with one attached hydrogen (secondary N) is 1. The van der Waals surface area contributed by atoms with E-state index in [9.17, 15) is 9.59 Å². The van der Waals surface area contributed by atoms with E-state index in [2.05, 4.69) is 15.3 Å². The fourth-order valence-corrected chi connectivity index (χ4v) is 4.36. The van der Waals surface area contributed by atoms with Crippen LogP contribution in [0.4, 0.5) is 5.69 Å². The van der Waals surface area contributed by atoms with Crippen LogP contribution in [-0.4, -0.2) is 46.1 Å². The zero-order valence-electron chi connectivity index (χ0n) is 16.9. The van der Waals surface area contributed by atoms with E-state index in [0.29, 0.717) is 24.0 Å². The van der Waals surface area contributed by atoms with E-state index < -0.39 is 0 Å². The zero-order valence-corrected chi connectivity index (χ0v) is 17.7. The number of amides is 2. The van der Waals surface area contributed by atoms with E-state index in [4.69, 9.17) is 0 Å². The Kier molecular flexibility index (Phi) is 6.28. The van der Waals surface area contributed by atoms with Gasteiger partial charge in [0.1, 0.15) is 11.9 Å². The van der Waals surface area contributed by atoms with Crippen LogP contribution in [0.15, 0.2) is 64.6 Å². The number of hydrogen-bond acceptors (Lipinski definition) is 5. The summed E-state index contributed by atoms with van der Waals surface area (Å²) in [6.07, 6.45) is 2.37. The first kappa shape index (κ1) is 20.3. The van der Waals surface area contributed by atoms with E-state index in [1.165, 1.54) is 17.3 Å². The fourth-order valence-electron chi connectivity index (χ4n) is 3.53. The van der Waals surface area contributed by atoms with Gasteiger partial charge in [-0.05, 0) is 30.5 Å². The molecule has 0 fully saturated rings. The van der Waals surface area contributed by atoms with Gasteiger partial charge in [-0.15, -0.1) is 0 Å². The highest BCUT2D eigenvalue weighted by Gasteiger charge is 2.40. The Morgan fingerprint density at radius 3 is 2.70 bits per heavy atom. The van der Waals surface area contributed by atoms with Crippen molar-refractivity contribution in [1.82, 2.24) is 10.2 Å².